The molecule has 52 heavy (non-hydrogen) atoms. The van der Waals surface area contributed by atoms with E-state index in [0.717, 1.165) is 0 Å². The average molecular weight is 725 g/mol. The maximum atomic E-state index is 2.45. The fourth-order valence-corrected chi connectivity index (χ4v) is 7.98. The molecule has 0 nitrogen and oxygen atoms in total. The number of unbranched alkanes of at least 4 members (excludes halogenated alkanes) is 42. The second kappa shape index (κ2) is 50.2. The Kier molecular flexibility index (Phi) is 49.5. The molecule has 0 rings (SSSR count). The number of rotatable bonds is 46. The Hall–Kier alpha value is -0.780. The zero-order valence-electron chi connectivity index (χ0n) is 36.6. The third-order valence-electron chi connectivity index (χ3n) is 11.6. The SMILES string of the molecule is CC=CCCCCCCC=CCCCCCCCCCCCCCCCCCCCCCCCCCCCCCCCCCCCCCCC=CC. The van der Waals surface area contributed by atoms with Crippen molar-refractivity contribution in [2.45, 2.75) is 296 Å². The summed E-state index contributed by atoms with van der Waals surface area (Å²) in [4.78, 5) is 0. The van der Waals surface area contributed by atoms with Gasteiger partial charge in [0.05, 0.1) is 0 Å². The first-order valence-electron chi connectivity index (χ1n) is 24.8. The molecular formula is C52H100. The summed E-state index contributed by atoms with van der Waals surface area (Å²) in [5.74, 6) is 0. The largest absolute Gasteiger partial charge is 0.0917 e. The molecule has 0 heteroatoms. The van der Waals surface area contributed by atoms with Gasteiger partial charge in [-0.15, -0.1) is 0 Å². The third kappa shape index (κ3) is 49.2. The summed E-state index contributed by atoms with van der Waals surface area (Å²) in [6.45, 7) is 4.25. The monoisotopic (exact) mass is 725 g/mol. The second-order valence-electron chi connectivity index (χ2n) is 16.9. The summed E-state index contributed by atoms with van der Waals surface area (Å²) in [6.07, 6.45) is 77.7. The van der Waals surface area contributed by atoms with Crippen LogP contribution in [0.2, 0.25) is 0 Å². The second-order valence-corrected chi connectivity index (χ2v) is 16.9. The van der Waals surface area contributed by atoms with Crippen molar-refractivity contribution in [1.82, 2.24) is 0 Å². The van der Waals surface area contributed by atoms with Crippen LogP contribution in [0.4, 0.5) is 0 Å². The molecule has 0 bridgehead atoms. The van der Waals surface area contributed by atoms with E-state index >= 15 is 0 Å². The maximum absolute atomic E-state index is 2.45. The van der Waals surface area contributed by atoms with Crippen LogP contribution in [-0.4, -0.2) is 0 Å². The van der Waals surface area contributed by atoms with Crippen LogP contribution < -0.4 is 0 Å². The van der Waals surface area contributed by atoms with Crippen LogP contribution in [0.1, 0.15) is 296 Å². The van der Waals surface area contributed by atoms with E-state index in [-0.39, 0.29) is 0 Å². The molecule has 0 spiro atoms. The summed E-state index contributed by atoms with van der Waals surface area (Å²) < 4.78 is 0. The molecule has 0 N–H and O–H groups in total. The van der Waals surface area contributed by atoms with Gasteiger partial charge in [-0.25, -0.2) is 0 Å². The highest BCUT2D eigenvalue weighted by atomic mass is 14.0. The number of hydrogen-bond acceptors (Lipinski definition) is 0. The van der Waals surface area contributed by atoms with E-state index in [2.05, 4.69) is 50.3 Å². The highest BCUT2D eigenvalue weighted by Gasteiger charge is 1.98. The van der Waals surface area contributed by atoms with Crippen LogP contribution in [0.5, 0.6) is 0 Å². The Morgan fingerprint density at radius 1 is 0.154 bits per heavy atom. The van der Waals surface area contributed by atoms with Gasteiger partial charge in [0.2, 0.25) is 0 Å². The predicted octanol–water partition coefficient (Wildman–Crippen LogP) is 19.9. The van der Waals surface area contributed by atoms with Gasteiger partial charge in [0, 0.05) is 0 Å². The zero-order valence-corrected chi connectivity index (χ0v) is 36.6. The highest BCUT2D eigenvalue weighted by Crippen LogP contribution is 2.18. The van der Waals surface area contributed by atoms with Crippen molar-refractivity contribution in [3.63, 3.8) is 0 Å². The molecule has 0 aliphatic carbocycles. The zero-order chi connectivity index (χ0) is 37.4. The minimum absolute atomic E-state index is 1.27. The average Bonchev–Trinajstić information content (AvgIpc) is 3.16. The first-order chi connectivity index (χ1) is 25.9. The van der Waals surface area contributed by atoms with Gasteiger partial charge in [0.25, 0.3) is 0 Å². The standard InChI is InChI=1S/C52H100/c1-3-5-7-9-11-13-15-17-19-21-23-25-27-29-31-33-35-37-39-41-43-45-47-49-51-52-50-48-46-44-42-40-38-36-34-32-30-28-26-24-22-20-18-16-14-12-10-8-6-4-2/h3-6,19,21H,7-18,20,22-52H2,1-2H3. The summed E-state index contributed by atoms with van der Waals surface area (Å²) in [6, 6.07) is 0. The fraction of sp³-hybridized carbons (Fsp3) is 0.885. The van der Waals surface area contributed by atoms with Crippen molar-refractivity contribution >= 4 is 0 Å². The molecule has 0 heterocycles. The van der Waals surface area contributed by atoms with Crippen molar-refractivity contribution in [1.29, 1.82) is 0 Å². The molecule has 0 unspecified atom stereocenters. The van der Waals surface area contributed by atoms with Gasteiger partial charge in [-0.3, -0.25) is 0 Å². The third-order valence-corrected chi connectivity index (χ3v) is 11.6. The normalized spacial score (nSPS) is 12.1. The van der Waals surface area contributed by atoms with Gasteiger partial charge in [-0.05, 0) is 65.2 Å². The fourth-order valence-electron chi connectivity index (χ4n) is 7.98. The summed E-state index contributed by atoms with van der Waals surface area (Å²) in [7, 11) is 0. The molecular weight excluding hydrogens is 625 g/mol. The molecule has 0 radical (unpaired) electrons. The van der Waals surface area contributed by atoms with Gasteiger partial charge >= 0.3 is 0 Å². The first kappa shape index (κ1) is 51.2. The van der Waals surface area contributed by atoms with Crippen LogP contribution in [0, 0.1) is 0 Å². The van der Waals surface area contributed by atoms with Crippen molar-refractivity contribution in [3.05, 3.63) is 36.5 Å². The Morgan fingerprint density at radius 3 is 0.404 bits per heavy atom. The predicted molar refractivity (Wildman–Crippen MR) is 242 cm³/mol. The molecule has 0 aliphatic heterocycles. The van der Waals surface area contributed by atoms with Crippen LogP contribution in [0.25, 0.3) is 0 Å². The van der Waals surface area contributed by atoms with E-state index in [1.54, 1.807) is 0 Å². The van der Waals surface area contributed by atoms with Crippen molar-refractivity contribution < 1.29 is 0 Å². The molecule has 0 aromatic rings. The van der Waals surface area contributed by atoms with E-state index < -0.39 is 0 Å². The number of allylic oxidation sites excluding steroid dienone is 6. The minimum atomic E-state index is 1.27. The van der Waals surface area contributed by atoms with E-state index in [1.165, 1.54) is 283 Å². The summed E-state index contributed by atoms with van der Waals surface area (Å²) in [5, 5.41) is 0. The minimum Gasteiger partial charge on any atom is -0.0917 e. The Balaban J connectivity index is 3.08. The first-order valence-corrected chi connectivity index (χ1v) is 24.8. The van der Waals surface area contributed by atoms with Crippen molar-refractivity contribution in [3.8, 4) is 0 Å². The van der Waals surface area contributed by atoms with E-state index in [1.807, 2.05) is 0 Å². The quantitative estimate of drug-likeness (QED) is 0.0433. The molecule has 308 valence electrons. The lowest BCUT2D eigenvalue weighted by Gasteiger charge is -2.05. The molecule has 0 aromatic heterocycles. The molecule has 0 saturated carbocycles. The van der Waals surface area contributed by atoms with E-state index in [0.29, 0.717) is 0 Å². The van der Waals surface area contributed by atoms with Crippen LogP contribution in [-0.2, 0) is 0 Å². The lowest BCUT2D eigenvalue weighted by molar-refractivity contribution is 0.510. The molecule has 0 saturated heterocycles. The van der Waals surface area contributed by atoms with Crippen molar-refractivity contribution in [2.75, 3.05) is 0 Å². The lowest BCUT2D eigenvalue weighted by atomic mass is 10.0. The highest BCUT2D eigenvalue weighted by molar-refractivity contribution is 4.81. The Labute approximate surface area is 331 Å². The maximum Gasteiger partial charge on any atom is -0.0351 e. The lowest BCUT2D eigenvalue weighted by Crippen LogP contribution is -1.85. The van der Waals surface area contributed by atoms with Crippen LogP contribution in [0.3, 0.4) is 0 Å². The molecule has 0 amide bonds. The number of hydrogen-bond donors (Lipinski definition) is 0. The summed E-state index contributed by atoms with van der Waals surface area (Å²) >= 11 is 0. The van der Waals surface area contributed by atoms with Gasteiger partial charge in [-0.1, -0.05) is 268 Å². The van der Waals surface area contributed by atoms with Crippen LogP contribution in [0.15, 0.2) is 36.5 Å². The molecule has 0 fully saturated rings. The molecule has 0 atom stereocenters. The topological polar surface area (TPSA) is 0 Å². The molecule has 0 aliphatic rings. The van der Waals surface area contributed by atoms with Gasteiger partial charge in [-0.2, -0.15) is 0 Å². The van der Waals surface area contributed by atoms with Crippen LogP contribution >= 0.6 is 0 Å². The molecule has 0 aromatic carbocycles. The van der Waals surface area contributed by atoms with E-state index in [4.69, 9.17) is 0 Å². The van der Waals surface area contributed by atoms with Crippen molar-refractivity contribution in [2.24, 2.45) is 0 Å². The Morgan fingerprint density at radius 2 is 0.269 bits per heavy atom. The van der Waals surface area contributed by atoms with Gasteiger partial charge in [0.15, 0.2) is 0 Å². The van der Waals surface area contributed by atoms with Gasteiger partial charge in [0.1, 0.15) is 0 Å². The summed E-state index contributed by atoms with van der Waals surface area (Å²) in [5.41, 5.74) is 0. The Bertz CT molecular complexity index is 682. The van der Waals surface area contributed by atoms with E-state index in [9.17, 15) is 0 Å². The van der Waals surface area contributed by atoms with Gasteiger partial charge < -0.3 is 0 Å². The smallest absolute Gasteiger partial charge is 0.0351 e.